The second-order valence-corrected chi connectivity index (χ2v) is 4.06. The fourth-order valence-electron chi connectivity index (χ4n) is 1.36. The van der Waals surface area contributed by atoms with Gasteiger partial charge in [0.2, 0.25) is 5.88 Å². The lowest BCUT2D eigenvalue weighted by Gasteiger charge is -1.98. The van der Waals surface area contributed by atoms with Crippen LogP contribution in [0, 0.1) is 6.92 Å². The van der Waals surface area contributed by atoms with Gasteiger partial charge in [-0.1, -0.05) is 11.6 Å². The summed E-state index contributed by atoms with van der Waals surface area (Å²) in [4.78, 5) is 21.9. The van der Waals surface area contributed by atoms with Crippen molar-refractivity contribution in [1.82, 2.24) is 9.97 Å². The molecular weight excluding hydrogens is 254 g/mol. The molecule has 0 atom stereocenters. The maximum absolute atomic E-state index is 11.6. The van der Waals surface area contributed by atoms with E-state index in [1.807, 2.05) is 0 Å². The van der Waals surface area contributed by atoms with Gasteiger partial charge in [-0.15, -0.1) is 0 Å². The molecule has 0 aliphatic carbocycles. The lowest BCUT2D eigenvalue weighted by molar-refractivity contribution is 0.448. The fraction of sp³-hybridized carbons (Fsp3) is 0.0833. The Morgan fingerprint density at radius 2 is 2.06 bits per heavy atom. The minimum atomic E-state index is -0.433. The van der Waals surface area contributed by atoms with E-state index < -0.39 is 5.56 Å². The molecule has 0 saturated heterocycles. The smallest absolute Gasteiger partial charge is 0.263 e. The third-order valence-electron chi connectivity index (χ3n) is 2.22. The molecule has 0 aliphatic rings. The summed E-state index contributed by atoms with van der Waals surface area (Å²) in [5.74, 6) is 0.00936. The van der Waals surface area contributed by atoms with Crippen molar-refractivity contribution in [3.63, 3.8) is 0 Å². The number of aromatic nitrogens is 2. The second kappa shape index (κ2) is 5.01. The normalized spacial score (nSPS) is 11.0. The highest BCUT2D eigenvalue weighted by Crippen LogP contribution is 2.16. The van der Waals surface area contributed by atoms with Gasteiger partial charge in [-0.25, -0.2) is 4.98 Å². The van der Waals surface area contributed by atoms with Gasteiger partial charge in [0.1, 0.15) is 11.4 Å². The summed E-state index contributed by atoms with van der Waals surface area (Å²) in [6, 6.07) is 6.77. The predicted molar refractivity (Wildman–Crippen MR) is 70.0 cm³/mol. The molecule has 0 spiro atoms. The predicted octanol–water partition coefficient (Wildman–Crippen LogP) is 2.19. The molecule has 5 nitrogen and oxygen atoms in total. The monoisotopic (exact) mass is 263 g/mol. The van der Waals surface area contributed by atoms with Gasteiger partial charge in [0.15, 0.2) is 0 Å². The third kappa shape index (κ3) is 2.75. The number of aromatic hydroxyl groups is 1. The van der Waals surface area contributed by atoms with Gasteiger partial charge in [-0.05, 0) is 31.2 Å². The number of aliphatic imine (C=N–C) groups is 1. The molecule has 0 amide bonds. The molecule has 0 fully saturated rings. The average molecular weight is 264 g/mol. The van der Waals surface area contributed by atoms with Crippen LogP contribution in [-0.4, -0.2) is 21.3 Å². The van der Waals surface area contributed by atoms with E-state index in [2.05, 4.69) is 15.0 Å². The van der Waals surface area contributed by atoms with Crippen LogP contribution < -0.4 is 5.56 Å². The highest BCUT2D eigenvalue weighted by Gasteiger charge is 2.06. The van der Waals surface area contributed by atoms with Gasteiger partial charge < -0.3 is 10.1 Å². The third-order valence-corrected chi connectivity index (χ3v) is 2.47. The van der Waals surface area contributed by atoms with E-state index in [9.17, 15) is 9.90 Å². The van der Waals surface area contributed by atoms with Crippen molar-refractivity contribution >= 4 is 23.5 Å². The molecule has 0 radical (unpaired) electrons. The summed E-state index contributed by atoms with van der Waals surface area (Å²) in [5.41, 5.74) is 0.215. The van der Waals surface area contributed by atoms with Crippen molar-refractivity contribution < 1.29 is 5.11 Å². The van der Waals surface area contributed by atoms with Gasteiger partial charge in [-0.3, -0.25) is 9.79 Å². The molecule has 2 N–H and O–H groups in total. The first-order valence-corrected chi connectivity index (χ1v) is 5.53. The fourth-order valence-corrected chi connectivity index (χ4v) is 1.49. The number of halogens is 1. The molecule has 2 aromatic rings. The molecule has 0 saturated carbocycles. The van der Waals surface area contributed by atoms with E-state index in [0.717, 1.165) is 0 Å². The van der Waals surface area contributed by atoms with Crippen molar-refractivity contribution in [2.24, 2.45) is 4.99 Å². The van der Waals surface area contributed by atoms with Crippen molar-refractivity contribution in [2.75, 3.05) is 0 Å². The summed E-state index contributed by atoms with van der Waals surface area (Å²) < 4.78 is 0. The van der Waals surface area contributed by atoms with Crippen molar-refractivity contribution in [3.8, 4) is 5.88 Å². The zero-order chi connectivity index (χ0) is 13.1. The van der Waals surface area contributed by atoms with Gasteiger partial charge in [-0.2, -0.15) is 0 Å². The number of benzene rings is 1. The summed E-state index contributed by atoms with van der Waals surface area (Å²) in [6.07, 6.45) is 1.27. The Morgan fingerprint density at radius 1 is 1.39 bits per heavy atom. The highest BCUT2D eigenvalue weighted by molar-refractivity contribution is 6.30. The van der Waals surface area contributed by atoms with Gasteiger partial charge in [0.05, 0.1) is 5.69 Å². The minimum Gasteiger partial charge on any atom is -0.493 e. The lowest BCUT2D eigenvalue weighted by Crippen LogP contribution is -2.14. The maximum atomic E-state index is 11.6. The number of aryl methyl sites for hydroxylation is 1. The average Bonchev–Trinajstić information content (AvgIpc) is 2.30. The molecule has 1 aromatic carbocycles. The largest absolute Gasteiger partial charge is 0.493 e. The van der Waals surface area contributed by atoms with Crippen molar-refractivity contribution in [3.05, 3.63) is 51.0 Å². The molecule has 92 valence electrons. The van der Waals surface area contributed by atoms with Gasteiger partial charge >= 0.3 is 0 Å². The Bertz CT molecular complexity index is 647. The number of nitrogens with zero attached hydrogens (tertiary/aromatic N) is 2. The quantitative estimate of drug-likeness (QED) is 0.815. The number of aromatic amines is 1. The molecule has 0 bridgehead atoms. The second-order valence-electron chi connectivity index (χ2n) is 3.62. The molecule has 1 heterocycles. The number of H-pyrrole nitrogens is 1. The van der Waals surface area contributed by atoms with Crippen LogP contribution in [0.15, 0.2) is 34.1 Å². The topological polar surface area (TPSA) is 78.3 Å². The molecule has 6 heteroatoms. The molecular formula is C12H10ClN3O2. The number of nitrogens with one attached hydrogen (secondary N) is 1. The van der Waals surface area contributed by atoms with Crippen molar-refractivity contribution in [2.45, 2.75) is 6.92 Å². The van der Waals surface area contributed by atoms with Crippen LogP contribution in [0.4, 0.5) is 5.69 Å². The van der Waals surface area contributed by atoms with Gasteiger partial charge in [0, 0.05) is 11.2 Å². The summed E-state index contributed by atoms with van der Waals surface area (Å²) in [7, 11) is 0. The van der Waals surface area contributed by atoms with Crippen LogP contribution in [0.3, 0.4) is 0 Å². The summed E-state index contributed by atoms with van der Waals surface area (Å²) in [5, 5.41) is 10.2. The van der Waals surface area contributed by atoms with Crippen LogP contribution in [0.25, 0.3) is 0 Å². The Balaban J connectivity index is 2.35. The molecule has 1 aromatic heterocycles. The van der Waals surface area contributed by atoms with E-state index in [1.165, 1.54) is 6.21 Å². The summed E-state index contributed by atoms with van der Waals surface area (Å²) >= 11 is 5.74. The zero-order valence-corrected chi connectivity index (χ0v) is 10.3. The van der Waals surface area contributed by atoms with Crippen molar-refractivity contribution in [1.29, 1.82) is 0 Å². The molecule has 2 rings (SSSR count). The van der Waals surface area contributed by atoms with E-state index in [-0.39, 0.29) is 11.4 Å². The van der Waals surface area contributed by atoms with E-state index >= 15 is 0 Å². The van der Waals surface area contributed by atoms with E-state index in [0.29, 0.717) is 16.5 Å². The lowest BCUT2D eigenvalue weighted by atomic mass is 10.3. The Morgan fingerprint density at radius 3 is 2.67 bits per heavy atom. The SMILES string of the molecule is Cc1nc(O)c(C=Nc2ccc(Cl)cc2)c(=O)[nH]1. The zero-order valence-electron chi connectivity index (χ0n) is 9.51. The Hall–Kier alpha value is -2.14. The first-order valence-electron chi connectivity index (χ1n) is 5.16. The first-order chi connectivity index (χ1) is 8.56. The Kier molecular flexibility index (Phi) is 3.43. The van der Waals surface area contributed by atoms with E-state index in [4.69, 9.17) is 11.6 Å². The standard InChI is InChI=1S/C12H10ClN3O2/c1-7-15-11(17)10(12(18)16-7)6-14-9-4-2-8(13)3-5-9/h2-6H,1H3,(H2,15,16,17,18). The number of hydrogen-bond donors (Lipinski definition) is 2. The maximum Gasteiger partial charge on any atom is 0.263 e. The van der Waals surface area contributed by atoms with Gasteiger partial charge in [0.25, 0.3) is 5.56 Å². The molecule has 0 unspecified atom stereocenters. The number of rotatable bonds is 2. The van der Waals surface area contributed by atoms with Crippen LogP contribution in [0.5, 0.6) is 5.88 Å². The first kappa shape index (κ1) is 12.3. The Labute approximate surface area is 108 Å². The molecule has 0 aliphatic heterocycles. The van der Waals surface area contributed by atoms with Crippen LogP contribution in [0.1, 0.15) is 11.4 Å². The van der Waals surface area contributed by atoms with Crippen LogP contribution >= 0.6 is 11.6 Å². The highest BCUT2D eigenvalue weighted by atomic mass is 35.5. The minimum absolute atomic E-state index is 0.0237. The van der Waals surface area contributed by atoms with Crippen LogP contribution in [0.2, 0.25) is 5.02 Å². The van der Waals surface area contributed by atoms with Crippen LogP contribution in [-0.2, 0) is 0 Å². The summed E-state index contributed by atoms with van der Waals surface area (Å²) in [6.45, 7) is 1.58. The number of hydrogen-bond acceptors (Lipinski definition) is 4. The molecule has 18 heavy (non-hydrogen) atoms. The van der Waals surface area contributed by atoms with E-state index in [1.54, 1.807) is 31.2 Å².